The Kier molecular flexibility index (Phi) is 4.97. The molecule has 1 fully saturated rings. The maximum Gasteiger partial charge on any atom is 0.407 e. The zero-order valence-electron chi connectivity index (χ0n) is 13.8. The molecule has 25 heavy (non-hydrogen) atoms. The summed E-state index contributed by atoms with van der Waals surface area (Å²) >= 11 is 0. The van der Waals surface area contributed by atoms with Gasteiger partial charge in [0.05, 0.1) is 7.11 Å². The lowest BCUT2D eigenvalue weighted by molar-refractivity contribution is -0.117. The Morgan fingerprint density at radius 3 is 2.64 bits per heavy atom. The summed E-state index contributed by atoms with van der Waals surface area (Å²) in [4.78, 5) is 23.3. The van der Waals surface area contributed by atoms with Crippen molar-refractivity contribution < 1.29 is 18.7 Å². The summed E-state index contributed by atoms with van der Waals surface area (Å²) in [5, 5.41) is 5.46. The average molecular weight is 342 g/mol. The summed E-state index contributed by atoms with van der Waals surface area (Å²) < 4.78 is 17.8. The highest BCUT2D eigenvalue weighted by Gasteiger charge is 2.44. The number of anilines is 1. The highest BCUT2D eigenvalue weighted by atomic mass is 19.1. The van der Waals surface area contributed by atoms with E-state index in [1.165, 1.54) is 19.2 Å². The van der Waals surface area contributed by atoms with E-state index in [1.54, 1.807) is 18.2 Å². The number of benzene rings is 2. The van der Waals surface area contributed by atoms with Crippen LogP contribution in [0.5, 0.6) is 0 Å². The second-order valence-corrected chi connectivity index (χ2v) is 6.04. The van der Waals surface area contributed by atoms with E-state index in [2.05, 4.69) is 15.4 Å². The number of hydrogen-bond donors (Lipinski definition) is 2. The van der Waals surface area contributed by atoms with Crippen LogP contribution < -0.4 is 10.6 Å². The first-order chi connectivity index (χ1) is 12.1. The fourth-order valence-corrected chi connectivity index (χ4v) is 2.78. The van der Waals surface area contributed by atoms with E-state index in [0.29, 0.717) is 12.2 Å². The van der Waals surface area contributed by atoms with E-state index in [-0.39, 0.29) is 23.6 Å². The molecule has 1 aliphatic rings. The van der Waals surface area contributed by atoms with Gasteiger partial charge in [-0.2, -0.15) is 0 Å². The second kappa shape index (κ2) is 7.34. The Bertz CT molecular complexity index is 776. The Morgan fingerprint density at radius 2 is 1.96 bits per heavy atom. The minimum absolute atomic E-state index is 0.0605. The molecule has 0 radical (unpaired) electrons. The van der Waals surface area contributed by atoms with Gasteiger partial charge in [0.15, 0.2) is 0 Å². The van der Waals surface area contributed by atoms with Gasteiger partial charge in [-0.1, -0.05) is 24.3 Å². The SMILES string of the molecule is COC(=O)NCc1ccc(NC(=O)C2CC2c2cccc(F)c2)cc1. The van der Waals surface area contributed by atoms with E-state index in [0.717, 1.165) is 17.5 Å². The van der Waals surface area contributed by atoms with Gasteiger partial charge in [-0.05, 0) is 47.7 Å². The number of ether oxygens (including phenoxy) is 1. The standard InChI is InChI=1S/C19H19FN2O3/c1-25-19(24)21-11-12-5-7-15(8-6-12)22-18(23)17-10-16(17)13-3-2-4-14(20)9-13/h2-9,16-17H,10-11H2,1H3,(H,21,24)(H,22,23). The van der Waals surface area contributed by atoms with Crippen molar-refractivity contribution in [1.82, 2.24) is 5.32 Å². The fourth-order valence-electron chi connectivity index (χ4n) is 2.78. The minimum atomic E-state index is -0.491. The van der Waals surface area contributed by atoms with E-state index >= 15 is 0 Å². The number of halogens is 1. The first kappa shape index (κ1) is 17.0. The predicted molar refractivity (Wildman–Crippen MR) is 91.6 cm³/mol. The largest absolute Gasteiger partial charge is 0.453 e. The molecule has 2 amide bonds. The van der Waals surface area contributed by atoms with E-state index in [9.17, 15) is 14.0 Å². The molecule has 130 valence electrons. The molecule has 0 bridgehead atoms. The maximum atomic E-state index is 13.3. The van der Waals surface area contributed by atoms with E-state index in [4.69, 9.17) is 0 Å². The van der Waals surface area contributed by atoms with Crippen LogP contribution >= 0.6 is 0 Å². The van der Waals surface area contributed by atoms with Crippen molar-refractivity contribution in [3.05, 3.63) is 65.5 Å². The Morgan fingerprint density at radius 1 is 1.20 bits per heavy atom. The van der Waals surface area contributed by atoms with Crippen molar-refractivity contribution in [2.45, 2.75) is 18.9 Å². The lowest BCUT2D eigenvalue weighted by atomic mass is 10.1. The van der Waals surface area contributed by atoms with Crippen molar-refractivity contribution in [2.24, 2.45) is 5.92 Å². The predicted octanol–water partition coefficient (Wildman–Crippen LogP) is 3.42. The zero-order chi connectivity index (χ0) is 17.8. The summed E-state index contributed by atoms with van der Waals surface area (Å²) in [6, 6.07) is 13.6. The topological polar surface area (TPSA) is 67.4 Å². The first-order valence-electron chi connectivity index (χ1n) is 8.04. The molecule has 2 N–H and O–H groups in total. The molecular weight excluding hydrogens is 323 g/mol. The third kappa shape index (κ3) is 4.35. The maximum absolute atomic E-state index is 13.3. The molecule has 0 spiro atoms. The fraction of sp³-hybridized carbons (Fsp3) is 0.263. The van der Waals surface area contributed by atoms with Crippen LogP contribution in [0.25, 0.3) is 0 Å². The highest BCUT2D eigenvalue weighted by molar-refractivity contribution is 5.95. The number of carbonyl (C=O) groups excluding carboxylic acids is 2. The average Bonchev–Trinajstić information content (AvgIpc) is 3.42. The second-order valence-electron chi connectivity index (χ2n) is 6.04. The molecule has 0 heterocycles. The normalized spacial score (nSPS) is 18.3. The van der Waals surface area contributed by atoms with Gasteiger partial charge < -0.3 is 15.4 Å². The number of rotatable bonds is 5. The molecule has 6 heteroatoms. The van der Waals surface area contributed by atoms with Crippen LogP contribution in [0.15, 0.2) is 48.5 Å². The van der Waals surface area contributed by atoms with Gasteiger partial charge in [-0.15, -0.1) is 0 Å². The van der Waals surface area contributed by atoms with Gasteiger partial charge in [0, 0.05) is 18.2 Å². The lowest BCUT2D eigenvalue weighted by Crippen LogP contribution is -2.22. The van der Waals surface area contributed by atoms with Crippen LogP contribution in [0.3, 0.4) is 0 Å². The van der Waals surface area contributed by atoms with Gasteiger partial charge in [0.2, 0.25) is 5.91 Å². The summed E-state index contributed by atoms with van der Waals surface area (Å²) in [6.45, 7) is 0.352. The molecule has 0 saturated heterocycles. The number of alkyl carbamates (subject to hydrolysis) is 1. The van der Waals surface area contributed by atoms with Crippen LogP contribution in [-0.2, 0) is 16.1 Å². The smallest absolute Gasteiger partial charge is 0.407 e. The van der Waals surface area contributed by atoms with Gasteiger partial charge in [-0.25, -0.2) is 9.18 Å². The molecule has 1 aliphatic carbocycles. The molecule has 2 aromatic carbocycles. The number of hydrogen-bond acceptors (Lipinski definition) is 3. The van der Waals surface area contributed by atoms with Gasteiger partial charge >= 0.3 is 6.09 Å². The van der Waals surface area contributed by atoms with E-state index in [1.807, 2.05) is 18.2 Å². The Hall–Kier alpha value is -2.89. The third-order valence-electron chi connectivity index (χ3n) is 4.25. The van der Waals surface area contributed by atoms with Crippen molar-refractivity contribution in [3.8, 4) is 0 Å². The van der Waals surface area contributed by atoms with Crippen LogP contribution in [0.4, 0.5) is 14.9 Å². The van der Waals surface area contributed by atoms with Crippen LogP contribution in [0.1, 0.15) is 23.5 Å². The third-order valence-corrected chi connectivity index (χ3v) is 4.25. The summed E-state index contributed by atoms with van der Waals surface area (Å²) in [6.07, 6.45) is 0.241. The quantitative estimate of drug-likeness (QED) is 0.875. The van der Waals surface area contributed by atoms with Crippen molar-refractivity contribution in [1.29, 1.82) is 0 Å². The summed E-state index contributed by atoms with van der Waals surface area (Å²) in [5.74, 6) is -0.379. The number of nitrogens with one attached hydrogen (secondary N) is 2. The van der Waals surface area contributed by atoms with E-state index < -0.39 is 6.09 Å². The molecule has 2 unspecified atom stereocenters. The minimum Gasteiger partial charge on any atom is -0.453 e. The zero-order valence-corrected chi connectivity index (χ0v) is 13.8. The Balaban J connectivity index is 1.53. The van der Waals surface area contributed by atoms with Gasteiger partial charge in [0.25, 0.3) is 0 Å². The van der Waals surface area contributed by atoms with Crippen molar-refractivity contribution in [2.75, 3.05) is 12.4 Å². The Labute approximate surface area is 145 Å². The number of methoxy groups -OCH3 is 1. The molecule has 2 atom stereocenters. The molecule has 0 aliphatic heterocycles. The highest BCUT2D eigenvalue weighted by Crippen LogP contribution is 2.48. The summed E-state index contributed by atoms with van der Waals surface area (Å²) in [5.41, 5.74) is 2.45. The number of carbonyl (C=O) groups is 2. The molecule has 5 nitrogen and oxygen atoms in total. The molecule has 1 saturated carbocycles. The summed E-state index contributed by atoms with van der Waals surface area (Å²) in [7, 11) is 1.31. The van der Waals surface area contributed by atoms with Crippen molar-refractivity contribution in [3.63, 3.8) is 0 Å². The first-order valence-corrected chi connectivity index (χ1v) is 8.04. The molecular formula is C19H19FN2O3. The van der Waals surface area contributed by atoms with Gasteiger partial charge in [-0.3, -0.25) is 4.79 Å². The van der Waals surface area contributed by atoms with Crippen LogP contribution in [-0.4, -0.2) is 19.1 Å². The monoisotopic (exact) mass is 342 g/mol. The van der Waals surface area contributed by atoms with Gasteiger partial charge in [0.1, 0.15) is 5.82 Å². The lowest BCUT2D eigenvalue weighted by Gasteiger charge is -2.07. The molecule has 0 aromatic heterocycles. The molecule has 3 rings (SSSR count). The molecule has 2 aromatic rings. The van der Waals surface area contributed by atoms with Crippen molar-refractivity contribution >= 4 is 17.7 Å². The van der Waals surface area contributed by atoms with Crippen LogP contribution in [0, 0.1) is 11.7 Å². The number of amides is 2. The van der Waals surface area contributed by atoms with Crippen LogP contribution in [0.2, 0.25) is 0 Å².